The van der Waals surface area contributed by atoms with Crippen molar-refractivity contribution in [2.24, 2.45) is 17.8 Å². The van der Waals surface area contributed by atoms with Gasteiger partial charge in [-0.15, -0.1) is 0 Å². The number of anilines is 1. The average molecular weight is 273 g/mol. The van der Waals surface area contributed by atoms with E-state index in [0.717, 1.165) is 18.0 Å². The van der Waals surface area contributed by atoms with Crippen molar-refractivity contribution >= 4 is 17.6 Å². The van der Waals surface area contributed by atoms with E-state index in [-0.39, 0.29) is 17.8 Å². The summed E-state index contributed by atoms with van der Waals surface area (Å²) < 4.78 is 4.65. The molecule has 1 aromatic carbocycles. The molecule has 0 radical (unpaired) electrons. The molecule has 1 amide bonds. The van der Waals surface area contributed by atoms with Crippen molar-refractivity contribution in [2.45, 2.75) is 25.7 Å². The van der Waals surface area contributed by atoms with Gasteiger partial charge in [-0.3, -0.25) is 4.79 Å². The van der Waals surface area contributed by atoms with Crippen LogP contribution in [0, 0.1) is 17.8 Å². The van der Waals surface area contributed by atoms with Gasteiger partial charge in [0, 0.05) is 11.6 Å². The van der Waals surface area contributed by atoms with Crippen molar-refractivity contribution in [3.63, 3.8) is 0 Å². The first kappa shape index (κ1) is 13.2. The van der Waals surface area contributed by atoms with Crippen LogP contribution in [0.3, 0.4) is 0 Å². The van der Waals surface area contributed by atoms with Gasteiger partial charge in [0.05, 0.1) is 12.7 Å². The first-order valence-corrected chi connectivity index (χ1v) is 7.16. The highest BCUT2D eigenvalue weighted by molar-refractivity contribution is 5.94. The van der Waals surface area contributed by atoms with Gasteiger partial charge in [-0.2, -0.15) is 0 Å². The Labute approximate surface area is 118 Å². The zero-order chi connectivity index (χ0) is 14.1. The number of hydrogen-bond acceptors (Lipinski definition) is 3. The highest BCUT2D eigenvalue weighted by Gasteiger charge is 2.42. The van der Waals surface area contributed by atoms with Crippen molar-refractivity contribution in [1.29, 1.82) is 0 Å². The monoisotopic (exact) mass is 273 g/mol. The zero-order valence-electron chi connectivity index (χ0n) is 11.6. The van der Waals surface area contributed by atoms with E-state index in [1.807, 2.05) is 0 Å². The lowest BCUT2D eigenvalue weighted by Gasteiger charge is -2.20. The van der Waals surface area contributed by atoms with Gasteiger partial charge < -0.3 is 10.1 Å². The predicted octanol–water partition coefficient (Wildman–Crippen LogP) is 2.85. The maximum absolute atomic E-state index is 12.3. The summed E-state index contributed by atoms with van der Waals surface area (Å²) in [5.41, 5.74) is 1.23. The second-order valence-corrected chi connectivity index (χ2v) is 5.84. The second-order valence-electron chi connectivity index (χ2n) is 5.84. The molecule has 2 aliphatic rings. The first-order chi connectivity index (χ1) is 9.67. The van der Waals surface area contributed by atoms with Gasteiger partial charge in [0.2, 0.25) is 5.91 Å². The van der Waals surface area contributed by atoms with Crippen molar-refractivity contribution in [2.75, 3.05) is 12.4 Å². The third-order valence-electron chi connectivity index (χ3n) is 4.65. The number of rotatable bonds is 3. The van der Waals surface area contributed by atoms with E-state index in [4.69, 9.17) is 0 Å². The Bertz CT molecular complexity index is 523. The molecule has 2 aliphatic carbocycles. The molecule has 0 spiro atoms. The molecule has 106 valence electrons. The number of hydrogen-bond donors (Lipinski definition) is 1. The lowest BCUT2D eigenvalue weighted by atomic mass is 9.88. The Morgan fingerprint density at radius 3 is 2.45 bits per heavy atom. The van der Waals surface area contributed by atoms with E-state index >= 15 is 0 Å². The first-order valence-electron chi connectivity index (χ1n) is 7.16. The van der Waals surface area contributed by atoms with Crippen LogP contribution in [0.2, 0.25) is 0 Å². The number of carbonyl (C=O) groups is 2. The summed E-state index contributed by atoms with van der Waals surface area (Å²) in [6.07, 6.45) is 4.75. The van der Waals surface area contributed by atoms with Crippen LogP contribution >= 0.6 is 0 Å². The molecular formula is C16H19NO3. The van der Waals surface area contributed by atoms with Crippen LogP contribution in [0.25, 0.3) is 0 Å². The van der Waals surface area contributed by atoms with Crippen LogP contribution < -0.4 is 5.32 Å². The molecule has 4 nitrogen and oxygen atoms in total. The fraction of sp³-hybridized carbons (Fsp3) is 0.500. The molecule has 0 unspecified atom stereocenters. The van der Waals surface area contributed by atoms with Gasteiger partial charge >= 0.3 is 5.97 Å². The third-order valence-corrected chi connectivity index (χ3v) is 4.65. The molecule has 0 heterocycles. The Morgan fingerprint density at radius 2 is 1.90 bits per heavy atom. The summed E-state index contributed by atoms with van der Waals surface area (Å²) in [4.78, 5) is 23.6. The minimum Gasteiger partial charge on any atom is -0.465 e. The van der Waals surface area contributed by atoms with Crippen molar-refractivity contribution in [1.82, 2.24) is 0 Å². The maximum Gasteiger partial charge on any atom is 0.337 e. The lowest BCUT2D eigenvalue weighted by Crippen LogP contribution is -2.27. The van der Waals surface area contributed by atoms with Crippen LogP contribution in [0.15, 0.2) is 24.3 Å². The van der Waals surface area contributed by atoms with E-state index in [1.54, 1.807) is 24.3 Å². The number of amides is 1. The molecule has 0 aromatic heterocycles. The van der Waals surface area contributed by atoms with Crippen molar-refractivity contribution < 1.29 is 14.3 Å². The molecule has 1 N–H and O–H groups in total. The largest absolute Gasteiger partial charge is 0.465 e. The van der Waals surface area contributed by atoms with E-state index in [9.17, 15) is 9.59 Å². The summed E-state index contributed by atoms with van der Waals surface area (Å²) in [6.45, 7) is 0. The molecule has 0 aliphatic heterocycles. The minimum atomic E-state index is -0.365. The van der Waals surface area contributed by atoms with Gasteiger partial charge in [-0.1, -0.05) is 6.42 Å². The smallest absolute Gasteiger partial charge is 0.337 e. The molecule has 4 heteroatoms. The van der Waals surface area contributed by atoms with Gasteiger partial charge in [-0.05, 0) is 55.4 Å². The molecule has 0 saturated heterocycles. The van der Waals surface area contributed by atoms with Gasteiger partial charge in [0.25, 0.3) is 0 Å². The third kappa shape index (κ3) is 2.42. The Balaban J connectivity index is 1.63. The summed E-state index contributed by atoms with van der Waals surface area (Å²) in [7, 11) is 1.35. The number of nitrogens with one attached hydrogen (secondary N) is 1. The Kier molecular flexibility index (Phi) is 3.47. The average Bonchev–Trinajstić information content (AvgIpc) is 3.10. The number of carbonyl (C=O) groups excluding carboxylic acids is 2. The summed E-state index contributed by atoms with van der Waals surface area (Å²) in [5, 5.41) is 2.96. The van der Waals surface area contributed by atoms with Crippen LogP contribution in [0.5, 0.6) is 0 Å². The predicted molar refractivity (Wildman–Crippen MR) is 75.3 cm³/mol. The fourth-order valence-corrected chi connectivity index (χ4v) is 3.61. The van der Waals surface area contributed by atoms with Crippen LogP contribution in [0.1, 0.15) is 36.0 Å². The standard InChI is InChI=1S/C16H19NO3/c1-20-16(19)11-4-6-13(7-5-11)17-15(18)14-9-10-2-3-12(14)8-10/h4-7,10,12,14H,2-3,8-9H2,1H3,(H,17,18)/t10-,12+,14+/m1/s1. The Hall–Kier alpha value is -1.84. The maximum atomic E-state index is 12.3. The normalized spacial score (nSPS) is 27.4. The molecule has 2 fully saturated rings. The van der Waals surface area contributed by atoms with Crippen molar-refractivity contribution in [3.05, 3.63) is 29.8 Å². The number of esters is 1. The SMILES string of the molecule is COC(=O)c1ccc(NC(=O)[C@H]2C[C@@H]3CC[C@H]2C3)cc1. The van der Waals surface area contributed by atoms with Crippen LogP contribution in [-0.2, 0) is 9.53 Å². The molecular weight excluding hydrogens is 254 g/mol. The van der Waals surface area contributed by atoms with E-state index < -0.39 is 0 Å². The number of benzene rings is 1. The van der Waals surface area contributed by atoms with E-state index in [0.29, 0.717) is 11.5 Å². The molecule has 1 aromatic rings. The highest BCUT2D eigenvalue weighted by Crippen LogP contribution is 2.48. The van der Waals surface area contributed by atoms with Crippen LogP contribution in [-0.4, -0.2) is 19.0 Å². The second kappa shape index (κ2) is 5.27. The minimum absolute atomic E-state index is 0.128. The van der Waals surface area contributed by atoms with Gasteiger partial charge in [0.15, 0.2) is 0 Å². The summed E-state index contributed by atoms with van der Waals surface area (Å²) >= 11 is 0. The summed E-state index contributed by atoms with van der Waals surface area (Å²) in [5.74, 6) is 1.28. The molecule has 3 rings (SSSR count). The molecule has 2 bridgehead atoms. The molecule has 3 atom stereocenters. The quantitative estimate of drug-likeness (QED) is 0.862. The topological polar surface area (TPSA) is 55.4 Å². The van der Waals surface area contributed by atoms with Crippen LogP contribution in [0.4, 0.5) is 5.69 Å². The number of ether oxygens (including phenoxy) is 1. The van der Waals surface area contributed by atoms with Gasteiger partial charge in [-0.25, -0.2) is 4.79 Å². The van der Waals surface area contributed by atoms with Crippen molar-refractivity contribution in [3.8, 4) is 0 Å². The fourth-order valence-electron chi connectivity index (χ4n) is 3.61. The molecule has 2 saturated carbocycles. The highest BCUT2D eigenvalue weighted by atomic mass is 16.5. The molecule has 20 heavy (non-hydrogen) atoms. The number of methoxy groups -OCH3 is 1. The van der Waals surface area contributed by atoms with E-state index in [2.05, 4.69) is 10.1 Å². The van der Waals surface area contributed by atoms with E-state index in [1.165, 1.54) is 26.4 Å². The summed E-state index contributed by atoms with van der Waals surface area (Å²) in [6, 6.07) is 6.83. The zero-order valence-corrected chi connectivity index (χ0v) is 11.6. The van der Waals surface area contributed by atoms with Gasteiger partial charge in [0.1, 0.15) is 0 Å². The number of fused-ring (bicyclic) bond motifs is 2. The Morgan fingerprint density at radius 1 is 1.15 bits per heavy atom. The lowest BCUT2D eigenvalue weighted by molar-refractivity contribution is -0.121.